The van der Waals surface area contributed by atoms with Crippen molar-refractivity contribution in [1.82, 2.24) is 0 Å². The van der Waals surface area contributed by atoms with E-state index in [0.29, 0.717) is 41.7 Å². The summed E-state index contributed by atoms with van der Waals surface area (Å²) in [5.41, 5.74) is 1.58. The third kappa shape index (κ3) is 1.67. The van der Waals surface area contributed by atoms with Crippen LogP contribution in [0.1, 0.15) is 65.7 Å². The van der Waals surface area contributed by atoms with Crippen LogP contribution in [0.3, 0.4) is 0 Å². The van der Waals surface area contributed by atoms with Gasteiger partial charge in [-0.3, -0.25) is 9.59 Å². The molecule has 3 saturated carbocycles. The molecule has 0 aliphatic heterocycles. The lowest BCUT2D eigenvalue weighted by molar-refractivity contribution is -0.133. The van der Waals surface area contributed by atoms with Gasteiger partial charge in [-0.05, 0) is 67.3 Å². The summed E-state index contributed by atoms with van der Waals surface area (Å²) in [5.74, 6) is 3.28. The molecule has 120 valence electrons. The van der Waals surface area contributed by atoms with E-state index in [-0.39, 0.29) is 10.8 Å². The van der Waals surface area contributed by atoms with Crippen LogP contribution in [0.4, 0.5) is 0 Å². The van der Waals surface area contributed by atoms with Crippen LogP contribution >= 0.6 is 0 Å². The van der Waals surface area contributed by atoms with Gasteiger partial charge in [0.05, 0.1) is 0 Å². The van der Waals surface area contributed by atoms with E-state index in [0.717, 1.165) is 25.7 Å². The zero-order valence-electron chi connectivity index (χ0n) is 14.2. The Morgan fingerprint density at radius 2 is 1.82 bits per heavy atom. The van der Waals surface area contributed by atoms with Crippen molar-refractivity contribution in [2.24, 2.45) is 34.5 Å². The minimum Gasteiger partial charge on any atom is -0.299 e. The Balaban J connectivity index is 1.73. The van der Waals surface area contributed by atoms with Gasteiger partial charge >= 0.3 is 0 Å². The number of hydrogen-bond donors (Lipinski definition) is 0. The molecule has 4 aliphatic carbocycles. The molecule has 0 heterocycles. The summed E-state index contributed by atoms with van der Waals surface area (Å²) in [6.07, 6.45) is 9.12. The van der Waals surface area contributed by atoms with Crippen LogP contribution in [0.2, 0.25) is 0 Å². The number of hydrogen-bond acceptors (Lipinski definition) is 2. The Bertz CT molecular complexity index is 574. The molecule has 0 amide bonds. The van der Waals surface area contributed by atoms with Crippen LogP contribution in [0, 0.1) is 34.5 Å². The van der Waals surface area contributed by atoms with Gasteiger partial charge < -0.3 is 0 Å². The van der Waals surface area contributed by atoms with Crippen LogP contribution in [0.25, 0.3) is 0 Å². The fraction of sp³-hybridized carbons (Fsp3) is 0.800. The summed E-state index contributed by atoms with van der Waals surface area (Å²) >= 11 is 0. The summed E-state index contributed by atoms with van der Waals surface area (Å²) < 4.78 is 0. The van der Waals surface area contributed by atoms with Gasteiger partial charge in [0.15, 0.2) is 5.78 Å². The second-order valence-electron chi connectivity index (χ2n) is 8.86. The Morgan fingerprint density at radius 1 is 1.05 bits per heavy atom. The molecule has 6 atom stereocenters. The van der Waals surface area contributed by atoms with Gasteiger partial charge in [-0.15, -0.1) is 0 Å². The molecule has 0 bridgehead atoms. The average Bonchev–Trinajstić information content (AvgIpc) is 2.77. The van der Waals surface area contributed by atoms with E-state index < -0.39 is 0 Å². The maximum atomic E-state index is 12.4. The van der Waals surface area contributed by atoms with Crippen molar-refractivity contribution >= 4 is 11.6 Å². The molecule has 4 aliphatic rings. The standard InChI is InChI=1S/C20H28O2/c1-12-10-14(21)11-13-4-5-15-16-6-7-18(22)19(16,2)9-8-17(15)20(12,13)3/h11-12,15-17H,4-10H2,1-3H3/t12?,15-,16-,17+,19-,20-/m0/s1. The van der Waals surface area contributed by atoms with Crippen molar-refractivity contribution in [3.05, 3.63) is 11.6 Å². The first-order valence-corrected chi connectivity index (χ1v) is 9.14. The highest BCUT2D eigenvalue weighted by atomic mass is 16.1. The smallest absolute Gasteiger partial charge is 0.155 e. The minimum atomic E-state index is -0.0352. The van der Waals surface area contributed by atoms with E-state index in [4.69, 9.17) is 0 Å². The molecule has 22 heavy (non-hydrogen) atoms. The predicted molar refractivity (Wildman–Crippen MR) is 86.3 cm³/mol. The third-order valence-electron chi connectivity index (χ3n) is 8.22. The fourth-order valence-electron chi connectivity index (χ4n) is 6.71. The van der Waals surface area contributed by atoms with E-state index >= 15 is 0 Å². The number of ketones is 2. The third-order valence-corrected chi connectivity index (χ3v) is 8.22. The van der Waals surface area contributed by atoms with Crippen LogP contribution < -0.4 is 0 Å². The monoisotopic (exact) mass is 300 g/mol. The molecule has 3 fully saturated rings. The second kappa shape index (κ2) is 4.55. The zero-order chi connectivity index (χ0) is 15.7. The van der Waals surface area contributed by atoms with Gasteiger partial charge in [0.1, 0.15) is 5.78 Å². The number of allylic oxidation sites excluding steroid dienone is 1. The first kappa shape index (κ1) is 14.7. The van der Waals surface area contributed by atoms with E-state index in [1.807, 2.05) is 6.08 Å². The van der Waals surface area contributed by atoms with Crippen molar-refractivity contribution in [3.63, 3.8) is 0 Å². The minimum absolute atomic E-state index is 0.0352. The number of carbonyl (C=O) groups excluding carboxylic acids is 2. The average molecular weight is 300 g/mol. The summed E-state index contributed by atoms with van der Waals surface area (Å²) in [5, 5.41) is 0. The molecule has 0 aromatic carbocycles. The Hall–Kier alpha value is -0.920. The van der Waals surface area contributed by atoms with Gasteiger partial charge in [0.2, 0.25) is 0 Å². The normalized spacial score (nSPS) is 51.0. The Kier molecular flexibility index (Phi) is 3.03. The van der Waals surface area contributed by atoms with E-state index in [2.05, 4.69) is 20.8 Å². The Labute approximate surface area is 133 Å². The van der Waals surface area contributed by atoms with Gasteiger partial charge in [0, 0.05) is 18.3 Å². The van der Waals surface area contributed by atoms with Gasteiger partial charge in [0.25, 0.3) is 0 Å². The highest BCUT2D eigenvalue weighted by molar-refractivity contribution is 5.92. The first-order valence-electron chi connectivity index (χ1n) is 9.14. The molecule has 4 rings (SSSR count). The van der Waals surface area contributed by atoms with Crippen LogP contribution in [0.5, 0.6) is 0 Å². The van der Waals surface area contributed by atoms with Gasteiger partial charge in [-0.25, -0.2) is 0 Å². The molecular formula is C20H28O2. The number of Topliss-reactive ketones (excluding diaryl/α,β-unsaturated/α-hetero) is 1. The molecule has 0 N–H and O–H groups in total. The van der Waals surface area contributed by atoms with Crippen molar-refractivity contribution < 1.29 is 9.59 Å². The SMILES string of the molecule is CC1CC(=O)C=C2CC[C@@H]3[C@@H](CC[C@]4(C)C(=O)CC[C@@H]34)[C@]21C. The highest BCUT2D eigenvalue weighted by Crippen LogP contribution is 2.65. The zero-order valence-corrected chi connectivity index (χ0v) is 14.2. The number of fused-ring (bicyclic) bond motifs is 5. The molecular weight excluding hydrogens is 272 g/mol. The van der Waals surface area contributed by atoms with Crippen LogP contribution in [-0.2, 0) is 9.59 Å². The quantitative estimate of drug-likeness (QED) is 0.667. The topological polar surface area (TPSA) is 34.1 Å². The second-order valence-corrected chi connectivity index (χ2v) is 8.86. The highest BCUT2D eigenvalue weighted by Gasteiger charge is 2.60. The van der Waals surface area contributed by atoms with Crippen molar-refractivity contribution in [2.45, 2.75) is 65.7 Å². The summed E-state index contributed by atoms with van der Waals surface area (Å²) in [7, 11) is 0. The summed E-state index contributed by atoms with van der Waals surface area (Å²) in [6.45, 7) is 6.94. The predicted octanol–water partition coefficient (Wildman–Crippen LogP) is 4.33. The van der Waals surface area contributed by atoms with Crippen LogP contribution in [0.15, 0.2) is 11.6 Å². The maximum Gasteiger partial charge on any atom is 0.155 e. The van der Waals surface area contributed by atoms with E-state index in [1.54, 1.807) is 0 Å². The number of carbonyl (C=O) groups is 2. The van der Waals surface area contributed by atoms with Gasteiger partial charge in [-0.1, -0.05) is 26.3 Å². The lowest BCUT2D eigenvalue weighted by Crippen LogP contribution is -2.53. The van der Waals surface area contributed by atoms with Crippen molar-refractivity contribution in [1.29, 1.82) is 0 Å². The summed E-state index contributed by atoms with van der Waals surface area (Å²) in [6, 6.07) is 0. The molecule has 0 saturated heterocycles. The summed E-state index contributed by atoms with van der Waals surface area (Å²) in [4.78, 5) is 24.4. The lowest BCUT2D eigenvalue weighted by Gasteiger charge is -2.58. The lowest BCUT2D eigenvalue weighted by atomic mass is 9.45. The van der Waals surface area contributed by atoms with Crippen molar-refractivity contribution in [3.8, 4) is 0 Å². The fourth-order valence-corrected chi connectivity index (χ4v) is 6.71. The van der Waals surface area contributed by atoms with E-state index in [9.17, 15) is 9.59 Å². The molecule has 0 aromatic rings. The van der Waals surface area contributed by atoms with Crippen LogP contribution in [-0.4, -0.2) is 11.6 Å². The molecule has 0 radical (unpaired) electrons. The molecule has 2 nitrogen and oxygen atoms in total. The van der Waals surface area contributed by atoms with Gasteiger partial charge in [-0.2, -0.15) is 0 Å². The molecule has 0 aromatic heterocycles. The maximum absolute atomic E-state index is 12.4. The first-order chi connectivity index (χ1) is 10.4. The molecule has 0 spiro atoms. The Morgan fingerprint density at radius 3 is 2.59 bits per heavy atom. The molecule has 2 heteroatoms. The number of rotatable bonds is 0. The van der Waals surface area contributed by atoms with Crippen molar-refractivity contribution in [2.75, 3.05) is 0 Å². The van der Waals surface area contributed by atoms with E-state index in [1.165, 1.54) is 18.4 Å². The molecule has 1 unspecified atom stereocenters. The largest absolute Gasteiger partial charge is 0.299 e.